The third-order valence-corrected chi connectivity index (χ3v) is 4.65. The molecule has 137 valence electrons. The fourth-order valence-corrected chi connectivity index (χ4v) is 3.20. The molecule has 0 aliphatic carbocycles. The van der Waals surface area contributed by atoms with Crippen LogP contribution < -0.4 is 11.1 Å². The summed E-state index contributed by atoms with van der Waals surface area (Å²) in [4.78, 5) is 61.7. The lowest BCUT2D eigenvalue weighted by Gasteiger charge is -2.24. The highest BCUT2D eigenvalue weighted by Crippen LogP contribution is 2.30. The van der Waals surface area contributed by atoms with Gasteiger partial charge in [-0.3, -0.25) is 24.0 Å². The van der Waals surface area contributed by atoms with Gasteiger partial charge in [0, 0.05) is 19.4 Å². The number of fused-ring (bicyclic) bond motifs is 1. The molecule has 0 bridgehead atoms. The first-order valence-corrected chi connectivity index (χ1v) is 8.22. The van der Waals surface area contributed by atoms with Gasteiger partial charge in [0.05, 0.1) is 25.6 Å². The molecule has 1 radical (unpaired) electrons. The number of nitrogens with one attached hydrogen (secondary N) is 1. The Kier molecular flexibility index (Phi) is 5.76. The number of rotatable bonds is 6. The van der Waals surface area contributed by atoms with Gasteiger partial charge in [0.1, 0.15) is 6.04 Å². The van der Waals surface area contributed by atoms with Crippen LogP contribution in [0.25, 0.3) is 0 Å². The van der Waals surface area contributed by atoms with Crippen LogP contribution in [0, 0.1) is 12.3 Å². The normalized spacial score (nSPS) is 23.4. The molecule has 2 rings (SSSR count). The fraction of sp³-hybridized carbons (Fsp3) is 0.625. The maximum atomic E-state index is 12.4. The van der Waals surface area contributed by atoms with Crippen LogP contribution >= 0.6 is 0 Å². The summed E-state index contributed by atoms with van der Waals surface area (Å²) in [5, 5.41) is 2.42. The second-order valence-electron chi connectivity index (χ2n) is 6.47. The van der Waals surface area contributed by atoms with Crippen molar-refractivity contribution < 1.29 is 24.0 Å². The predicted molar refractivity (Wildman–Crippen MR) is 86.6 cm³/mol. The lowest BCUT2D eigenvalue weighted by atomic mass is 10.0. The van der Waals surface area contributed by atoms with Crippen LogP contribution in [-0.2, 0) is 24.0 Å². The highest BCUT2D eigenvalue weighted by molar-refractivity contribution is 5.99. The minimum atomic E-state index is -0.658. The fourth-order valence-electron chi connectivity index (χ4n) is 3.20. The van der Waals surface area contributed by atoms with E-state index in [1.165, 1.54) is 23.1 Å². The van der Waals surface area contributed by atoms with Crippen molar-refractivity contribution in [3.8, 4) is 0 Å². The van der Waals surface area contributed by atoms with Gasteiger partial charge in [0.25, 0.3) is 0 Å². The number of hydrogen-bond acceptors (Lipinski definition) is 5. The van der Waals surface area contributed by atoms with Crippen LogP contribution in [0.4, 0.5) is 0 Å². The van der Waals surface area contributed by atoms with E-state index in [-0.39, 0.29) is 49.1 Å². The first kappa shape index (κ1) is 18.9. The minimum absolute atomic E-state index is 0.0603. The van der Waals surface area contributed by atoms with Crippen LogP contribution in [0.15, 0.2) is 0 Å². The second-order valence-corrected chi connectivity index (χ2v) is 6.47. The van der Waals surface area contributed by atoms with Gasteiger partial charge >= 0.3 is 0 Å². The molecule has 3 N–H and O–H groups in total. The van der Waals surface area contributed by atoms with E-state index in [9.17, 15) is 24.0 Å². The van der Waals surface area contributed by atoms with Gasteiger partial charge < -0.3 is 20.9 Å². The average Bonchev–Trinajstić information content (AvgIpc) is 3.11. The lowest BCUT2D eigenvalue weighted by molar-refractivity contribution is -0.134. The van der Waals surface area contributed by atoms with E-state index in [4.69, 9.17) is 5.73 Å². The number of ketones is 1. The summed E-state index contributed by atoms with van der Waals surface area (Å²) in [5.41, 5.74) is 5.17. The van der Waals surface area contributed by atoms with Crippen molar-refractivity contribution in [2.75, 3.05) is 19.6 Å². The van der Waals surface area contributed by atoms with Crippen LogP contribution in [-0.4, -0.2) is 70.9 Å². The van der Waals surface area contributed by atoms with Gasteiger partial charge in [-0.2, -0.15) is 0 Å². The first-order chi connectivity index (χ1) is 11.7. The van der Waals surface area contributed by atoms with Crippen molar-refractivity contribution in [2.24, 2.45) is 11.7 Å². The standard InChI is InChI=1S/C16H23N4O5/c1-9(16(17)25)3-4-13(23)19-6-5-11-15(19)12(22)8-20(11)14(24)7-18-10(2)21/h4,9,11,15H,3,5-8H2,1-2H3,(H2,17,25)(H,18,21). The van der Waals surface area contributed by atoms with Crippen molar-refractivity contribution in [1.82, 2.24) is 15.1 Å². The second kappa shape index (κ2) is 7.62. The molecule has 0 aromatic heterocycles. The average molecular weight is 351 g/mol. The topological polar surface area (TPSA) is 130 Å². The Hall–Kier alpha value is -2.45. The monoisotopic (exact) mass is 351 g/mol. The summed E-state index contributed by atoms with van der Waals surface area (Å²) in [6, 6.07) is -1.02. The Morgan fingerprint density at radius 2 is 2.00 bits per heavy atom. The van der Waals surface area contributed by atoms with Crippen LogP contribution in [0.2, 0.25) is 0 Å². The zero-order chi connectivity index (χ0) is 18.7. The number of carbonyl (C=O) groups is 5. The zero-order valence-electron chi connectivity index (χ0n) is 14.4. The quantitative estimate of drug-likeness (QED) is 0.584. The number of primary amides is 1. The molecule has 9 heteroatoms. The Morgan fingerprint density at radius 1 is 1.32 bits per heavy atom. The molecule has 0 aromatic carbocycles. The molecule has 2 fully saturated rings. The Balaban J connectivity index is 1.97. The summed E-state index contributed by atoms with van der Waals surface area (Å²) >= 11 is 0. The number of Topliss-reactive ketones (excluding diaryl/α,β-unsaturated/α-hetero) is 1. The van der Waals surface area contributed by atoms with E-state index in [0.717, 1.165) is 0 Å². The van der Waals surface area contributed by atoms with Gasteiger partial charge in [-0.25, -0.2) is 0 Å². The molecule has 0 saturated carbocycles. The molecule has 2 heterocycles. The maximum Gasteiger partial charge on any atom is 0.242 e. The van der Waals surface area contributed by atoms with Crippen molar-refractivity contribution in [3.05, 3.63) is 6.42 Å². The van der Waals surface area contributed by atoms with E-state index in [1.807, 2.05) is 0 Å². The Morgan fingerprint density at radius 3 is 2.60 bits per heavy atom. The van der Waals surface area contributed by atoms with Crippen LogP contribution in [0.3, 0.4) is 0 Å². The molecule has 0 aromatic rings. The van der Waals surface area contributed by atoms with Gasteiger partial charge in [0.2, 0.25) is 23.6 Å². The number of amides is 4. The lowest BCUT2D eigenvalue weighted by Crippen LogP contribution is -2.45. The summed E-state index contributed by atoms with van der Waals surface area (Å²) in [5.74, 6) is -2.13. The summed E-state index contributed by atoms with van der Waals surface area (Å²) in [7, 11) is 0. The highest BCUT2D eigenvalue weighted by atomic mass is 16.2. The maximum absolute atomic E-state index is 12.4. The van der Waals surface area contributed by atoms with Crippen molar-refractivity contribution in [1.29, 1.82) is 0 Å². The van der Waals surface area contributed by atoms with Crippen LogP contribution in [0.5, 0.6) is 0 Å². The summed E-state index contributed by atoms with van der Waals surface area (Å²) in [6.45, 7) is 3.08. The van der Waals surface area contributed by atoms with E-state index < -0.39 is 17.9 Å². The molecule has 25 heavy (non-hydrogen) atoms. The molecule has 3 unspecified atom stereocenters. The molecular weight excluding hydrogens is 328 g/mol. The van der Waals surface area contributed by atoms with E-state index >= 15 is 0 Å². The van der Waals surface area contributed by atoms with Crippen molar-refractivity contribution >= 4 is 29.4 Å². The Labute approximate surface area is 145 Å². The number of nitrogens with two attached hydrogens (primary N) is 1. The first-order valence-electron chi connectivity index (χ1n) is 8.22. The zero-order valence-corrected chi connectivity index (χ0v) is 14.4. The molecule has 4 amide bonds. The number of hydrogen-bond donors (Lipinski definition) is 2. The van der Waals surface area contributed by atoms with E-state index in [1.54, 1.807) is 6.92 Å². The van der Waals surface area contributed by atoms with E-state index in [0.29, 0.717) is 13.0 Å². The highest BCUT2D eigenvalue weighted by Gasteiger charge is 2.51. The van der Waals surface area contributed by atoms with Gasteiger partial charge in [-0.15, -0.1) is 0 Å². The summed E-state index contributed by atoms with van der Waals surface area (Å²) in [6.07, 6.45) is 2.08. The number of likely N-dealkylation sites (tertiary alicyclic amines) is 2. The van der Waals surface area contributed by atoms with Crippen LogP contribution in [0.1, 0.15) is 26.7 Å². The summed E-state index contributed by atoms with van der Waals surface area (Å²) < 4.78 is 0. The smallest absolute Gasteiger partial charge is 0.242 e. The molecule has 3 atom stereocenters. The molecule has 2 aliphatic rings. The van der Waals surface area contributed by atoms with Gasteiger partial charge in [-0.1, -0.05) is 6.92 Å². The number of carbonyl (C=O) groups excluding carboxylic acids is 5. The minimum Gasteiger partial charge on any atom is -0.369 e. The molecule has 0 spiro atoms. The Bertz CT molecular complexity index is 605. The largest absolute Gasteiger partial charge is 0.369 e. The third kappa shape index (κ3) is 4.15. The van der Waals surface area contributed by atoms with Gasteiger partial charge in [0.15, 0.2) is 5.78 Å². The van der Waals surface area contributed by atoms with Gasteiger partial charge in [-0.05, 0) is 12.8 Å². The van der Waals surface area contributed by atoms with Crippen molar-refractivity contribution in [2.45, 2.75) is 38.8 Å². The predicted octanol–water partition coefficient (Wildman–Crippen LogP) is -1.78. The molecule has 9 nitrogen and oxygen atoms in total. The number of nitrogens with zero attached hydrogens (tertiary/aromatic N) is 2. The SMILES string of the molecule is CC(=O)NCC(=O)N1CC(=O)C2C1CCN2C(=O)[CH]CC(C)C(N)=O. The molecular formula is C16H23N4O5. The third-order valence-electron chi connectivity index (χ3n) is 4.65. The molecule has 2 aliphatic heterocycles. The molecule has 2 saturated heterocycles. The van der Waals surface area contributed by atoms with E-state index in [2.05, 4.69) is 5.32 Å². The van der Waals surface area contributed by atoms with Crippen molar-refractivity contribution in [3.63, 3.8) is 0 Å².